The van der Waals surface area contributed by atoms with Gasteiger partial charge in [0.2, 0.25) is 0 Å². The van der Waals surface area contributed by atoms with Crippen molar-refractivity contribution in [3.63, 3.8) is 0 Å². The van der Waals surface area contributed by atoms with Gasteiger partial charge < -0.3 is 30.0 Å². The molecule has 5 heterocycles. The zero-order chi connectivity index (χ0) is 28.9. The molecule has 3 aromatic rings. The van der Waals surface area contributed by atoms with E-state index < -0.39 is 0 Å². The monoisotopic (exact) mass is 557 g/mol. The Hall–Kier alpha value is -4.22. The molecule has 3 aliphatic rings. The van der Waals surface area contributed by atoms with E-state index >= 15 is 0 Å². The Morgan fingerprint density at radius 1 is 1.27 bits per heavy atom. The number of fused-ring (bicyclic) bond motifs is 3. The van der Waals surface area contributed by atoms with Crippen molar-refractivity contribution in [2.24, 2.45) is 23.2 Å². The molecule has 214 valence electrons. The van der Waals surface area contributed by atoms with Gasteiger partial charge in [-0.25, -0.2) is 9.98 Å². The van der Waals surface area contributed by atoms with Crippen molar-refractivity contribution in [1.82, 2.24) is 19.4 Å². The van der Waals surface area contributed by atoms with E-state index in [1.807, 2.05) is 6.07 Å². The van der Waals surface area contributed by atoms with Crippen LogP contribution in [0.2, 0.25) is 0 Å². The second-order valence-electron chi connectivity index (χ2n) is 11.7. The number of ether oxygens (including phenoxy) is 1. The summed E-state index contributed by atoms with van der Waals surface area (Å²) in [6.45, 7) is 6.98. The molecule has 3 aromatic heterocycles. The number of carbonyl (C=O) groups is 1. The fourth-order valence-corrected chi connectivity index (χ4v) is 6.13. The van der Waals surface area contributed by atoms with E-state index in [0.29, 0.717) is 61.1 Å². The summed E-state index contributed by atoms with van der Waals surface area (Å²) in [4.78, 5) is 37.2. The van der Waals surface area contributed by atoms with Crippen LogP contribution in [0.4, 0.5) is 11.5 Å². The van der Waals surface area contributed by atoms with Crippen molar-refractivity contribution < 1.29 is 14.6 Å². The lowest BCUT2D eigenvalue weighted by molar-refractivity contribution is 0.0962. The first kappa shape index (κ1) is 27.0. The lowest BCUT2D eigenvalue weighted by Crippen LogP contribution is -2.41. The van der Waals surface area contributed by atoms with Crippen molar-refractivity contribution >= 4 is 23.2 Å². The first-order valence-electron chi connectivity index (χ1n) is 13.8. The molecule has 0 atom stereocenters. The summed E-state index contributed by atoms with van der Waals surface area (Å²) in [5, 5.41) is 13.7. The van der Waals surface area contributed by atoms with Gasteiger partial charge in [0.1, 0.15) is 23.0 Å². The molecule has 1 amide bonds. The minimum Gasteiger partial charge on any atom is -0.392 e. The zero-order valence-corrected chi connectivity index (χ0v) is 23.6. The maximum atomic E-state index is 13.7. The van der Waals surface area contributed by atoms with Gasteiger partial charge in [0, 0.05) is 67.7 Å². The van der Waals surface area contributed by atoms with E-state index in [9.17, 15) is 14.7 Å². The summed E-state index contributed by atoms with van der Waals surface area (Å²) >= 11 is 0. The number of pyridine rings is 2. The van der Waals surface area contributed by atoms with Crippen LogP contribution in [0.5, 0.6) is 0 Å². The third-order valence-electron chi connectivity index (χ3n) is 7.97. The van der Waals surface area contributed by atoms with E-state index in [4.69, 9.17) is 10.5 Å². The van der Waals surface area contributed by atoms with Gasteiger partial charge in [0.25, 0.3) is 11.5 Å². The van der Waals surface area contributed by atoms with E-state index in [0.717, 1.165) is 18.5 Å². The highest BCUT2D eigenvalue weighted by atomic mass is 16.5. The molecule has 0 aromatic carbocycles. The van der Waals surface area contributed by atoms with Crippen LogP contribution < -0.4 is 21.5 Å². The lowest BCUT2D eigenvalue weighted by atomic mass is 9.90. The molecule has 0 unspecified atom stereocenters. The number of nitrogens with two attached hydrogens (primary N) is 1. The summed E-state index contributed by atoms with van der Waals surface area (Å²) in [6.07, 6.45) is 6.86. The standard InChI is InChI=1S/C30H35N7O4/c1-30(2)13-18-11-24-29(40)37(8-7-36(24)25(18)14-30)27-22(16-38)21(4-5-33-27)19-10-23(28(39)35(3)15-19)34-26(31)12-20-17-41-9-6-32-20/h4-5,10-12,15,32,38H,6-9,13-14,16-17H2,1-3H3,(H2,31,34)/b20-12-. The first-order valence-corrected chi connectivity index (χ1v) is 13.8. The van der Waals surface area contributed by atoms with Crippen molar-refractivity contribution in [1.29, 1.82) is 0 Å². The number of hydrogen-bond donors (Lipinski definition) is 3. The number of nitrogens with zero attached hydrogens (tertiary/aromatic N) is 5. The normalized spacial score (nSPS) is 19.3. The predicted molar refractivity (Wildman–Crippen MR) is 156 cm³/mol. The zero-order valence-electron chi connectivity index (χ0n) is 23.6. The van der Waals surface area contributed by atoms with Gasteiger partial charge in [-0.05, 0) is 47.6 Å². The van der Waals surface area contributed by atoms with Crippen LogP contribution in [-0.2, 0) is 37.8 Å². The molecule has 1 aliphatic carbocycles. The molecule has 0 saturated carbocycles. The molecule has 6 rings (SSSR count). The Balaban J connectivity index is 1.36. The van der Waals surface area contributed by atoms with Crippen molar-refractivity contribution in [3.8, 4) is 11.1 Å². The average molecular weight is 558 g/mol. The average Bonchev–Trinajstić information content (AvgIpc) is 3.43. The van der Waals surface area contributed by atoms with Crippen LogP contribution in [0, 0.1) is 5.41 Å². The van der Waals surface area contributed by atoms with E-state index in [2.05, 4.69) is 33.7 Å². The number of amides is 1. The van der Waals surface area contributed by atoms with E-state index in [1.54, 1.807) is 42.6 Å². The number of aliphatic hydroxyl groups is 1. The SMILES string of the molecule is Cn1cc(-c2ccnc(N3CCn4c(cc5c4CC(C)(C)C5)C3=O)c2CO)cc(N=C(N)/C=C2/COCCN2)c1=O. The molecule has 1 fully saturated rings. The predicted octanol–water partition coefficient (Wildman–Crippen LogP) is 2.02. The molecule has 41 heavy (non-hydrogen) atoms. The van der Waals surface area contributed by atoms with E-state index in [-0.39, 0.29) is 35.0 Å². The highest BCUT2D eigenvalue weighted by Crippen LogP contribution is 2.40. The van der Waals surface area contributed by atoms with Gasteiger partial charge >= 0.3 is 0 Å². The van der Waals surface area contributed by atoms with Gasteiger partial charge in [0.15, 0.2) is 0 Å². The van der Waals surface area contributed by atoms with Crippen molar-refractivity contribution in [2.45, 2.75) is 39.8 Å². The molecule has 11 heteroatoms. The van der Waals surface area contributed by atoms with Crippen LogP contribution in [0.3, 0.4) is 0 Å². The van der Waals surface area contributed by atoms with Gasteiger partial charge in [-0.3, -0.25) is 14.5 Å². The second-order valence-corrected chi connectivity index (χ2v) is 11.7. The number of amidine groups is 1. The third-order valence-corrected chi connectivity index (χ3v) is 7.97. The summed E-state index contributed by atoms with van der Waals surface area (Å²) in [6, 6.07) is 5.43. The lowest BCUT2D eigenvalue weighted by Gasteiger charge is -2.31. The fraction of sp³-hybridized carbons (Fsp3) is 0.400. The van der Waals surface area contributed by atoms with Crippen LogP contribution in [0.15, 0.2) is 52.2 Å². The number of hydrogen-bond acceptors (Lipinski definition) is 7. The Morgan fingerprint density at radius 2 is 2.10 bits per heavy atom. The molecule has 0 radical (unpaired) electrons. The van der Waals surface area contributed by atoms with Crippen molar-refractivity contribution in [3.05, 3.63) is 75.2 Å². The Morgan fingerprint density at radius 3 is 2.85 bits per heavy atom. The van der Waals surface area contributed by atoms with Crippen LogP contribution in [0.25, 0.3) is 11.1 Å². The number of anilines is 1. The van der Waals surface area contributed by atoms with Crippen LogP contribution in [-0.4, -0.2) is 57.3 Å². The van der Waals surface area contributed by atoms with Gasteiger partial charge in [0.05, 0.1) is 19.8 Å². The minimum absolute atomic E-state index is 0.130. The smallest absolute Gasteiger partial charge is 0.276 e. The summed E-state index contributed by atoms with van der Waals surface area (Å²) < 4.78 is 9.00. The summed E-state index contributed by atoms with van der Waals surface area (Å²) in [7, 11) is 1.64. The number of morpholine rings is 1. The maximum absolute atomic E-state index is 13.7. The molecular weight excluding hydrogens is 522 g/mol. The second kappa shape index (κ2) is 10.3. The summed E-state index contributed by atoms with van der Waals surface area (Å²) in [5.74, 6) is 0.450. The van der Waals surface area contributed by atoms with Crippen LogP contribution in [0.1, 0.15) is 41.2 Å². The topological polar surface area (TPSA) is 140 Å². The number of aromatic nitrogens is 3. The Bertz CT molecular complexity index is 1660. The largest absolute Gasteiger partial charge is 0.392 e. The Labute approximate surface area is 238 Å². The molecule has 11 nitrogen and oxygen atoms in total. The maximum Gasteiger partial charge on any atom is 0.276 e. The van der Waals surface area contributed by atoms with Crippen molar-refractivity contribution in [2.75, 3.05) is 31.2 Å². The Kier molecular flexibility index (Phi) is 6.79. The number of aliphatic imine (C=N–C) groups is 1. The fourth-order valence-electron chi connectivity index (χ4n) is 6.13. The molecule has 2 aliphatic heterocycles. The molecule has 0 bridgehead atoms. The molecule has 1 saturated heterocycles. The highest BCUT2D eigenvalue weighted by molar-refractivity contribution is 6.06. The number of aliphatic hydroxyl groups excluding tert-OH is 1. The quantitative estimate of drug-likeness (QED) is 0.322. The number of carbonyl (C=O) groups excluding carboxylic acids is 1. The number of nitrogens with one attached hydrogen (secondary N) is 1. The molecular formula is C30H35N7O4. The molecule has 4 N–H and O–H groups in total. The molecule has 0 spiro atoms. The third kappa shape index (κ3) is 4.95. The van der Waals surface area contributed by atoms with Gasteiger partial charge in [-0.2, -0.15) is 0 Å². The van der Waals surface area contributed by atoms with Crippen LogP contribution >= 0.6 is 0 Å². The summed E-state index contributed by atoms with van der Waals surface area (Å²) in [5.41, 5.74) is 11.9. The number of aryl methyl sites for hydroxylation is 1. The van der Waals surface area contributed by atoms with E-state index in [1.165, 1.54) is 15.8 Å². The minimum atomic E-state index is -0.338. The van der Waals surface area contributed by atoms with Gasteiger partial charge in [-0.15, -0.1) is 0 Å². The van der Waals surface area contributed by atoms with Gasteiger partial charge in [-0.1, -0.05) is 13.8 Å². The highest BCUT2D eigenvalue weighted by Gasteiger charge is 2.37. The first-order chi connectivity index (χ1) is 19.6. The number of rotatable bonds is 5.